The highest BCUT2D eigenvalue weighted by atomic mass is 79.9. The molecule has 1 aromatic carbocycles. The van der Waals surface area contributed by atoms with Crippen molar-refractivity contribution in [3.63, 3.8) is 0 Å². The number of benzene rings is 1. The summed E-state index contributed by atoms with van der Waals surface area (Å²) >= 11 is 8.54. The molecule has 2 rings (SSSR count). The molecule has 0 aliphatic rings. The zero-order chi connectivity index (χ0) is 12.8. The number of rotatable bonds is 5. The fourth-order valence-electron chi connectivity index (χ4n) is 1.31. The van der Waals surface area contributed by atoms with E-state index >= 15 is 0 Å². The van der Waals surface area contributed by atoms with Crippen LogP contribution in [0.1, 0.15) is 0 Å². The second kappa shape index (κ2) is 7.16. The number of halogens is 2. The fraction of sp³-hybridized carbons (Fsp3) is 0.154. The lowest BCUT2D eigenvalue weighted by molar-refractivity contribution is 0.344. The van der Waals surface area contributed by atoms with Crippen LogP contribution >= 0.6 is 43.6 Å². The molecule has 2 aromatic rings. The van der Waals surface area contributed by atoms with Gasteiger partial charge in [-0.1, -0.05) is 15.9 Å². The molecular formula is C13H11Br2NOS. The Morgan fingerprint density at radius 1 is 1.11 bits per heavy atom. The van der Waals surface area contributed by atoms with Crippen molar-refractivity contribution in [3.05, 3.63) is 51.5 Å². The van der Waals surface area contributed by atoms with Crippen LogP contribution in [0, 0.1) is 0 Å². The minimum atomic E-state index is 0.662. The van der Waals surface area contributed by atoms with Crippen LogP contribution in [-0.2, 0) is 0 Å². The molecule has 0 amide bonds. The summed E-state index contributed by atoms with van der Waals surface area (Å²) in [5.41, 5.74) is 0. The summed E-state index contributed by atoms with van der Waals surface area (Å²) in [5, 5.41) is 0.997. The summed E-state index contributed by atoms with van der Waals surface area (Å²) in [7, 11) is 0. The van der Waals surface area contributed by atoms with Crippen molar-refractivity contribution in [2.45, 2.75) is 5.03 Å². The van der Waals surface area contributed by atoms with E-state index < -0.39 is 0 Å². The third kappa shape index (κ3) is 4.30. The number of nitrogens with zero attached hydrogens (tertiary/aromatic N) is 1. The van der Waals surface area contributed by atoms with Gasteiger partial charge in [0.15, 0.2) is 0 Å². The number of thioether (sulfide) groups is 1. The van der Waals surface area contributed by atoms with Gasteiger partial charge in [0.25, 0.3) is 0 Å². The average Bonchev–Trinajstić information content (AvgIpc) is 2.39. The van der Waals surface area contributed by atoms with E-state index in [1.54, 1.807) is 18.0 Å². The molecule has 0 atom stereocenters. The molecule has 0 radical (unpaired) electrons. The molecule has 0 aliphatic carbocycles. The molecule has 0 fully saturated rings. The smallest absolute Gasteiger partial charge is 0.119 e. The summed E-state index contributed by atoms with van der Waals surface area (Å²) in [6.45, 7) is 0.662. The van der Waals surface area contributed by atoms with Crippen molar-refractivity contribution in [3.8, 4) is 5.75 Å². The van der Waals surface area contributed by atoms with E-state index in [0.717, 1.165) is 25.5 Å². The molecule has 0 saturated carbocycles. The summed E-state index contributed by atoms with van der Waals surface area (Å²) in [6.07, 6.45) is 1.79. The lowest BCUT2D eigenvalue weighted by Crippen LogP contribution is -2.00. The van der Waals surface area contributed by atoms with Crippen LogP contribution in [0.15, 0.2) is 56.6 Å². The van der Waals surface area contributed by atoms with Crippen molar-refractivity contribution in [2.24, 2.45) is 0 Å². The Bertz CT molecular complexity index is 505. The van der Waals surface area contributed by atoms with E-state index in [2.05, 4.69) is 36.8 Å². The van der Waals surface area contributed by atoms with E-state index in [0.29, 0.717) is 6.61 Å². The minimum Gasteiger partial charge on any atom is -0.493 e. The Labute approximate surface area is 127 Å². The molecule has 0 unspecified atom stereocenters. The van der Waals surface area contributed by atoms with Gasteiger partial charge < -0.3 is 4.74 Å². The molecule has 2 nitrogen and oxygen atoms in total. The predicted octanol–water partition coefficient (Wildman–Crippen LogP) is 4.78. The Kier molecular flexibility index (Phi) is 5.53. The first-order chi connectivity index (χ1) is 8.75. The first-order valence-corrected chi connectivity index (χ1v) is 7.94. The zero-order valence-corrected chi connectivity index (χ0v) is 13.5. The van der Waals surface area contributed by atoms with Crippen LogP contribution in [0.4, 0.5) is 0 Å². The molecule has 18 heavy (non-hydrogen) atoms. The van der Waals surface area contributed by atoms with Crippen LogP contribution in [-0.4, -0.2) is 17.3 Å². The highest BCUT2D eigenvalue weighted by molar-refractivity contribution is 9.10. The van der Waals surface area contributed by atoms with Crippen molar-refractivity contribution in [2.75, 3.05) is 12.4 Å². The third-order valence-electron chi connectivity index (χ3n) is 2.13. The van der Waals surface area contributed by atoms with E-state index in [9.17, 15) is 0 Å². The molecule has 0 N–H and O–H groups in total. The minimum absolute atomic E-state index is 0.662. The van der Waals surface area contributed by atoms with Gasteiger partial charge in [-0.25, -0.2) is 4.98 Å². The van der Waals surface area contributed by atoms with Gasteiger partial charge in [-0.2, -0.15) is 0 Å². The van der Waals surface area contributed by atoms with Gasteiger partial charge in [0, 0.05) is 20.9 Å². The maximum atomic E-state index is 5.64. The van der Waals surface area contributed by atoms with Crippen LogP contribution in [0.3, 0.4) is 0 Å². The largest absolute Gasteiger partial charge is 0.493 e. The monoisotopic (exact) mass is 387 g/mol. The van der Waals surface area contributed by atoms with Gasteiger partial charge in [0.05, 0.1) is 6.61 Å². The topological polar surface area (TPSA) is 22.1 Å². The van der Waals surface area contributed by atoms with Crippen LogP contribution in [0.25, 0.3) is 0 Å². The number of pyridine rings is 1. The molecule has 0 saturated heterocycles. The maximum absolute atomic E-state index is 5.64. The summed E-state index contributed by atoms with van der Waals surface area (Å²) in [4.78, 5) is 4.29. The molecule has 1 aromatic heterocycles. The van der Waals surface area contributed by atoms with Crippen LogP contribution < -0.4 is 4.74 Å². The summed E-state index contributed by atoms with van der Waals surface area (Å²) in [6, 6.07) is 11.7. The zero-order valence-electron chi connectivity index (χ0n) is 9.48. The van der Waals surface area contributed by atoms with E-state index in [-0.39, 0.29) is 0 Å². The average molecular weight is 389 g/mol. The van der Waals surface area contributed by atoms with Gasteiger partial charge in [-0.05, 0) is 52.3 Å². The highest BCUT2D eigenvalue weighted by Crippen LogP contribution is 2.24. The highest BCUT2D eigenvalue weighted by Gasteiger charge is 2.01. The molecule has 0 bridgehead atoms. The molecule has 0 spiro atoms. The molecule has 94 valence electrons. The van der Waals surface area contributed by atoms with Crippen molar-refractivity contribution < 1.29 is 4.74 Å². The van der Waals surface area contributed by atoms with Gasteiger partial charge in [-0.15, -0.1) is 11.8 Å². The SMILES string of the molecule is Brc1ccc(OCCSc2ncccc2Br)cc1. The first kappa shape index (κ1) is 13.9. The normalized spacial score (nSPS) is 10.3. The van der Waals surface area contributed by atoms with Crippen LogP contribution in [0.5, 0.6) is 5.75 Å². The molecule has 5 heteroatoms. The Balaban J connectivity index is 1.76. The number of hydrogen-bond donors (Lipinski definition) is 0. The lowest BCUT2D eigenvalue weighted by Gasteiger charge is -2.06. The Morgan fingerprint density at radius 3 is 2.61 bits per heavy atom. The number of ether oxygens (including phenoxy) is 1. The van der Waals surface area contributed by atoms with Crippen LogP contribution in [0.2, 0.25) is 0 Å². The quantitative estimate of drug-likeness (QED) is 0.543. The Hall–Kier alpha value is -0.520. The Morgan fingerprint density at radius 2 is 1.89 bits per heavy atom. The first-order valence-electron chi connectivity index (χ1n) is 5.37. The van der Waals surface area contributed by atoms with Crippen molar-refractivity contribution in [1.29, 1.82) is 0 Å². The van der Waals surface area contributed by atoms with Gasteiger partial charge >= 0.3 is 0 Å². The summed E-state index contributed by atoms with van der Waals surface area (Å²) < 4.78 is 7.72. The van der Waals surface area contributed by atoms with E-state index in [1.165, 1.54) is 0 Å². The molecule has 1 heterocycles. The van der Waals surface area contributed by atoms with Gasteiger partial charge in [0.1, 0.15) is 10.8 Å². The van der Waals surface area contributed by atoms with E-state index in [1.807, 2.05) is 36.4 Å². The molecular weight excluding hydrogens is 378 g/mol. The molecule has 0 aliphatic heterocycles. The second-order valence-electron chi connectivity index (χ2n) is 3.44. The van der Waals surface area contributed by atoms with Gasteiger partial charge in [0.2, 0.25) is 0 Å². The maximum Gasteiger partial charge on any atom is 0.119 e. The lowest BCUT2D eigenvalue weighted by atomic mass is 10.3. The van der Waals surface area contributed by atoms with Crippen molar-refractivity contribution in [1.82, 2.24) is 4.98 Å². The number of hydrogen-bond acceptors (Lipinski definition) is 3. The number of aromatic nitrogens is 1. The predicted molar refractivity (Wildman–Crippen MR) is 82.3 cm³/mol. The van der Waals surface area contributed by atoms with Crippen molar-refractivity contribution >= 4 is 43.6 Å². The fourth-order valence-corrected chi connectivity index (χ4v) is 2.87. The third-order valence-corrected chi connectivity index (χ3v) is 4.53. The van der Waals surface area contributed by atoms with E-state index in [4.69, 9.17) is 4.74 Å². The second-order valence-corrected chi connectivity index (χ2v) is 6.29. The van der Waals surface area contributed by atoms with Gasteiger partial charge in [-0.3, -0.25) is 0 Å². The standard InChI is InChI=1S/C13H11Br2NOS/c14-10-3-5-11(6-4-10)17-8-9-18-13-12(15)2-1-7-16-13/h1-7H,8-9H2. The summed E-state index contributed by atoms with van der Waals surface area (Å²) in [5.74, 6) is 1.75.